The summed E-state index contributed by atoms with van der Waals surface area (Å²) in [6.07, 6.45) is 0.346. The lowest BCUT2D eigenvalue weighted by Crippen LogP contribution is -2.39. The minimum absolute atomic E-state index is 0.445. The van der Waals surface area contributed by atoms with Crippen LogP contribution in [0.2, 0.25) is 0 Å². The average Bonchev–Trinajstić information content (AvgIpc) is 2.15. The van der Waals surface area contributed by atoms with E-state index < -0.39 is 12.1 Å². The number of carboxylic acids is 1. The third kappa shape index (κ3) is 5.19. The maximum absolute atomic E-state index is 10.8. The van der Waals surface area contributed by atoms with Crippen LogP contribution >= 0.6 is 0 Å². The van der Waals surface area contributed by atoms with Crippen molar-refractivity contribution in [3.8, 4) is 0 Å². The first-order chi connectivity index (χ1) is 6.65. The van der Waals surface area contributed by atoms with Crippen LogP contribution in [0.5, 0.6) is 0 Å². The van der Waals surface area contributed by atoms with Crippen LogP contribution in [0.25, 0.3) is 0 Å². The summed E-state index contributed by atoms with van der Waals surface area (Å²) >= 11 is 0. The van der Waals surface area contributed by atoms with Crippen molar-refractivity contribution in [2.24, 2.45) is 0 Å². The van der Waals surface area contributed by atoms with Crippen molar-refractivity contribution in [3.05, 3.63) is 0 Å². The van der Waals surface area contributed by atoms with Crippen molar-refractivity contribution in [1.29, 1.82) is 0 Å². The number of hydrogen-bond acceptors (Lipinski definition) is 3. The zero-order chi connectivity index (χ0) is 11.0. The molecule has 0 rings (SSSR count). The predicted octanol–water partition coefficient (Wildman–Crippen LogP) is 1.21. The quantitative estimate of drug-likeness (QED) is 0.644. The summed E-state index contributed by atoms with van der Waals surface area (Å²) < 4.78 is 5.14. The Morgan fingerprint density at radius 2 is 2.07 bits per heavy atom. The van der Waals surface area contributed by atoms with Gasteiger partial charge in [-0.1, -0.05) is 13.8 Å². The summed E-state index contributed by atoms with van der Waals surface area (Å²) in [7, 11) is 0. The molecule has 0 saturated carbocycles. The van der Waals surface area contributed by atoms with Gasteiger partial charge in [-0.3, -0.25) is 0 Å². The van der Waals surface area contributed by atoms with Crippen LogP contribution in [-0.4, -0.2) is 48.3 Å². The van der Waals surface area contributed by atoms with Crippen LogP contribution in [0.3, 0.4) is 0 Å². The molecule has 0 aromatic rings. The van der Waals surface area contributed by atoms with E-state index in [0.717, 1.165) is 19.5 Å². The van der Waals surface area contributed by atoms with Crippen molar-refractivity contribution in [1.82, 2.24) is 4.90 Å². The molecule has 0 aliphatic rings. The standard InChI is InChI=1S/C10H21NO3/c1-4-7-11(5-2)8-9(10(12)13)14-6-3/h9H,4-8H2,1-3H3,(H,12,13). The molecular formula is C10H21NO3. The summed E-state index contributed by atoms with van der Waals surface area (Å²) in [5, 5.41) is 8.87. The number of aliphatic carboxylic acids is 1. The van der Waals surface area contributed by atoms with Gasteiger partial charge in [0.15, 0.2) is 6.10 Å². The van der Waals surface area contributed by atoms with Gasteiger partial charge in [0.2, 0.25) is 0 Å². The Labute approximate surface area is 85.9 Å². The molecule has 0 aliphatic heterocycles. The maximum Gasteiger partial charge on any atom is 0.334 e. The minimum atomic E-state index is -0.874. The van der Waals surface area contributed by atoms with Crippen LogP contribution in [0.1, 0.15) is 27.2 Å². The number of likely N-dealkylation sites (N-methyl/N-ethyl adjacent to an activating group) is 1. The van der Waals surface area contributed by atoms with Crippen molar-refractivity contribution in [2.75, 3.05) is 26.2 Å². The highest BCUT2D eigenvalue weighted by molar-refractivity contribution is 5.72. The van der Waals surface area contributed by atoms with Crippen LogP contribution in [-0.2, 0) is 9.53 Å². The SMILES string of the molecule is CCCN(CC)CC(OCC)C(=O)O. The predicted molar refractivity (Wildman–Crippen MR) is 55.5 cm³/mol. The van der Waals surface area contributed by atoms with Gasteiger partial charge in [-0.15, -0.1) is 0 Å². The summed E-state index contributed by atoms with van der Waals surface area (Å²) in [5.41, 5.74) is 0. The molecule has 1 atom stereocenters. The Bertz CT molecular complexity index is 161. The van der Waals surface area contributed by atoms with E-state index in [2.05, 4.69) is 11.8 Å². The second kappa shape index (κ2) is 7.76. The number of rotatable bonds is 8. The number of nitrogens with zero attached hydrogens (tertiary/aromatic N) is 1. The Balaban J connectivity index is 4.03. The summed E-state index contributed by atoms with van der Waals surface area (Å²) in [6.45, 7) is 8.64. The van der Waals surface area contributed by atoms with Gasteiger partial charge in [-0.05, 0) is 26.4 Å². The normalized spacial score (nSPS) is 13.1. The van der Waals surface area contributed by atoms with E-state index in [9.17, 15) is 4.79 Å². The van der Waals surface area contributed by atoms with Crippen molar-refractivity contribution in [3.63, 3.8) is 0 Å². The van der Waals surface area contributed by atoms with Gasteiger partial charge in [-0.25, -0.2) is 4.79 Å². The van der Waals surface area contributed by atoms with Crippen LogP contribution in [0, 0.1) is 0 Å². The van der Waals surface area contributed by atoms with E-state index in [4.69, 9.17) is 9.84 Å². The van der Waals surface area contributed by atoms with Gasteiger partial charge >= 0.3 is 5.97 Å². The van der Waals surface area contributed by atoms with E-state index in [0.29, 0.717) is 13.2 Å². The van der Waals surface area contributed by atoms with Gasteiger partial charge in [0.25, 0.3) is 0 Å². The highest BCUT2D eigenvalue weighted by Gasteiger charge is 2.19. The molecule has 0 aliphatic carbocycles. The molecule has 0 radical (unpaired) electrons. The first kappa shape index (κ1) is 13.4. The third-order valence-electron chi connectivity index (χ3n) is 2.05. The van der Waals surface area contributed by atoms with E-state index in [-0.39, 0.29) is 0 Å². The first-order valence-electron chi connectivity index (χ1n) is 5.22. The minimum Gasteiger partial charge on any atom is -0.479 e. The van der Waals surface area contributed by atoms with E-state index in [1.807, 2.05) is 13.8 Å². The maximum atomic E-state index is 10.8. The largest absolute Gasteiger partial charge is 0.479 e. The number of ether oxygens (including phenoxy) is 1. The summed E-state index contributed by atoms with van der Waals surface area (Å²) in [4.78, 5) is 12.9. The molecule has 4 heteroatoms. The molecule has 0 spiro atoms. The van der Waals surface area contributed by atoms with Gasteiger partial charge in [-0.2, -0.15) is 0 Å². The molecule has 0 aromatic heterocycles. The first-order valence-corrected chi connectivity index (χ1v) is 5.22. The van der Waals surface area contributed by atoms with Gasteiger partial charge < -0.3 is 14.7 Å². The van der Waals surface area contributed by atoms with Crippen molar-refractivity contribution < 1.29 is 14.6 Å². The number of hydrogen-bond donors (Lipinski definition) is 1. The highest BCUT2D eigenvalue weighted by atomic mass is 16.5. The smallest absolute Gasteiger partial charge is 0.334 e. The van der Waals surface area contributed by atoms with Gasteiger partial charge in [0.1, 0.15) is 0 Å². The Kier molecular flexibility index (Phi) is 7.42. The molecule has 0 heterocycles. The lowest BCUT2D eigenvalue weighted by atomic mass is 10.3. The van der Waals surface area contributed by atoms with Crippen LogP contribution in [0.15, 0.2) is 0 Å². The fraction of sp³-hybridized carbons (Fsp3) is 0.900. The second-order valence-electron chi connectivity index (χ2n) is 3.18. The average molecular weight is 203 g/mol. The van der Waals surface area contributed by atoms with E-state index in [1.54, 1.807) is 0 Å². The molecule has 0 bridgehead atoms. The van der Waals surface area contributed by atoms with Gasteiger partial charge in [0, 0.05) is 13.2 Å². The van der Waals surface area contributed by atoms with E-state index in [1.165, 1.54) is 0 Å². The van der Waals surface area contributed by atoms with Crippen molar-refractivity contribution in [2.45, 2.75) is 33.3 Å². The Hall–Kier alpha value is -0.610. The molecule has 1 N–H and O–H groups in total. The second-order valence-corrected chi connectivity index (χ2v) is 3.18. The monoisotopic (exact) mass is 203 g/mol. The summed E-state index contributed by atoms with van der Waals surface area (Å²) in [6, 6.07) is 0. The highest BCUT2D eigenvalue weighted by Crippen LogP contribution is 1.99. The molecule has 84 valence electrons. The molecule has 0 fully saturated rings. The number of carboxylic acid groups (broad SMARTS) is 1. The van der Waals surface area contributed by atoms with Gasteiger partial charge in [0.05, 0.1) is 0 Å². The zero-order valence-electron chi connectivity index (χ0n) is 9.32. The Morgan fingerprint density at radius 1 is 1.43 bits per heavy atom. The topological polar surface area (TPSA) is 49.8 Å². The van der Waals surface area contributed by atoms with E-state index >= 15 is 0 Å². The lowest BCUT2D eigenvalue weighted by Gasteiger charge is -2.23. The lowest BCUT2D eigenvalue weighted by molar-refractivity contribution is -0.151. The molecule has 0 amide bonds. The molecule has 4 nitrogen and oxygen atoms in total. The fourth-order valence-electron chi connectivity index (χ4n) is 1.33. The zero-order valence-corrected chi connectivity index (χ0v) is 9.32. The third-order valence-corrected chi connectivity index (χ3v) is 2.05. The molecule has 14 heavy (non-hydrogen) atoms. The molecule has 0 saturated heterocycles. The molecular weight excluding hydrogens is 182 g/mol. The fourth-order valence-corrected chi connectivity index (χ4v) is 1.33. The van der Waals surface area contributed by atoms with Crippen molar-refractivity contribution >= 4 is 5.97 Å². The summed E-state index contributed by atoms with van der Waals surface area (Å²) in [5.74, 6) is -0.874. The molecule has 0 aromatic carbocycles. The number of carbonyl (C=O) groups is 1. The van der Waals surface area contributed by atoms with Crippen LogP contribution < -0.4 is 0 Å². The molecule has 1 unspecified atom stereocenters. The van der Waals surface area contributed by atoms with Crippen LogP contribution in [0.4, 0.5) is 0 Å². The Morgan fingerprint density at radius 3 is 2.43 bits per heavy atom.